The molecule has 1 fully saturated rings. The molecule has 0 spiro atoms. The predicted molar refractivity (Wildman–Crippen MR) is 127 cm³/mol. The maximum atomic E-state index is 14.1. The molecule has 4 rings (SSSR count). The van der Waals surface area contributed by atoms with Crippen LogP contribution in [0, 0.1) is 11.6 Å². The second-order valence-electron chi connectivity index (χ2n) is 7.28. The van der Waals surface area contributed by atoms with E-state index in [0.717, 1.165) is 11.0 Å². The van der Waals surface area contributed by atoms with E-state index in [2.05, 4.69) is 0 Å². The summed E-state index contributed by atoms with van der Waals surface area (Å²) in [6, 6.07) is 13.7. The Morgan fingerprint density at radius 2 is 1.83 bits per heavy atom. The van der Waals surface area contributed by atoms with Gasteiger partial charge in [-0.2, -0.15) is 0 Å². The molecule has 35 heavy (non-hydrogen) atoms. The maximum absolute atomic E-state index is 14.1. The lowest BCUT2D eigenvalue weighted by Crippen LogP contribution is -2.28. The summed E-state index contributed by atoms with van der Waals surface area (Å²) in [5.41, 5.74) is 0.561. The number of nitrogens with zero attached hydrogens (tertiary/aromatic N) is 1. The zero-order valence-electron chi connectivity index (χ0n) is 18.1. The number of esters is 1. The summed E-state index contributed by atoms with van der Waals surface area (Å²) >= 11 is 6.73. The minimum atomic E-state index is -0.775. The molecule has 0 atom stereocenters. The van der Waals surface area contributed by atoms with Crippen molar-refractivity contribution in [3.05, 3.63) is 98.9 Å². The molecule has 6 nitrogen and oxygen atoms in total. The van der Waals surface area contributed by atoms with Crippen LogP contribution in [0.3, 0.4) is 0 Å². The van der Waals surface area contributed by atoms with E-state index in [-0.39, 0.29) is 39.1 Å². The van der Waals surface area contributed by atoms with Gasteiger partial charge in [0.15, 0.2) is 11.5 Å². The number of carbonyl (C=O) groups excluding carboxylic acids is 3. The van der Waals surface area contributed by atoms with E-state index < -0.39 is 28.8 Å². The second-order valence-corrected chi connectivity index (χ2v) is 8.68. The van der Waals surface area contributed by atoms with Gasteiger partial charge in [-0.1, -0.05) is 29.8 Å². The van der Waals surface area contributed by atoms with Crippen molar-refractivity contribution in [3.63, 3.8) is 0 Å². The Balaban J connectivity index is 1.54. The lowest BCUT2D eigenvalue weighted by molar-refractivity contribution is -0.123. The number of hydrogen-bond acceptors (Lipinski definition) is 6. The zero-order valence-corrected chi connectivity index (χ0v) is 19.7. The molecule has 3 aromatic rings. The molecule has 1 saturated heterocycles. The highest BCUT2D eigenvalue weighted by molar-refractivity contribution is 8.18. The fourth-order valence-electron chi connectivity index (χ4n) is 3.26. The number of imide groups is 1. The van der Waals surface area contributed by atoms with Gasteiger partial charge in [-0.15, -0.1) is 0 Å². The van der Waals surface area contributed by atoms with E-state index in [4.69, 9.17) is 21.1 Å². The van der Waals surface area contributed by atoms with Crippen molar-refractivity contribution in [2.75, 3.05) is 7.11 Å². The number of halogens is 3. The van der Waals surface area contributed by atoms with E-state index in [1.165, 1.54) is 61.7 Å². The first kappa shape index (κ1) is 24.4. The molecule has 0 bridgehead atoms. The Bertz CT molecular complexity index is 1360. The molecule has 1 aliphatic heterocycles. The van der Waals surface area contributed by atoms with E-state index in [1.54, 1.807) is 6.07 Å². The van der Waals surface area contributed by atoms with Crippen molar-refractivity contribution in [1.82, 2.24) is 4.90 Å². The fourth-order valence-corrected chi connectivity index (χ4v) is 4.32. The Kier molecular flexibility index (Phi) is 7.18. The van der Waals surface area contributed by atoms with Crippen LogP contribution in [0.5, 0.6) is 11.5 Å². The molecule has 2 amide bonds. The van der Waals surface area contributed by atoms with Crippen molar-refractivity contribution >= 4 is 46.6 Å². The number of thioether (sulfide) groups is 1. The van der Waals surface area contributed by atoms with E-state index >= 15 is 0 Å². The lowest BCUT2D eigenvalue weighted by Gasteiger charge is -2.14. The first-order chi connectivity index (χ1) is 16.8. The lowest BCUT2D eigenvalue weighted by atomic mass is 10.1. The normalized spacial score (nSPS) is 14.5. The largest absolute Gasteiger partial charge is 0.493 e. The fraction of sp³-hybridized carbons (Fsp3) is 0.0800. The van der Waals surface area contributed by atoms with Crippen molar-refractivity contribution in [2.45, 2.75) is 6.54 Å². The molecule has 0 N–H and O–H groups in total. The summed E-state index contributed by atoms with van der Waals surface area (Å²) in [6.45, 7) is -0.300. The van der Waals surface area contributed by atoms with Crippen LogP contribution in [0.25, 0.3) is 6.08 Å². The highest BCUT2D eigenvalue weighted by Gasteiger charge is 2.36. The molecule has 0 aromatic heterocycles. The summed E-state index contributed by atoms with van der Waals surface area (Å²) in [7, 11) is 1.37. The Morgan fingerprint density at radius 3 is 2.54 bits per heavy atom. The van der Waals surface area contributed by atoms with Gasteiger partial charge in [0.1, 0.15) is 11.6 Å². The molecule has 0 unspecified atom stereocenters. The van der Waals surface area contributed by atoms with Gasteiger partial charge in [0.2, 0.25) is 0 Å². The SMILES string of the molecule is COc1cc(/C=C2\SC(=O)N(Cc3c(F)cccc3Cl)C2=O)ccc1OC(=O)c1cccc(F)c1. The summed E-state index contributed by atoms with van der Waals surface area (Å²) in [4.78, 5) is 38.6. The van der Waals surface area contributed by atoms with Crippen LogP contribution in [0.2, 0.25) is 5.02 Å². The van der Waals surface area contributed by atoms with Crippen molar-refractivity contribution < 1.29 is 32.6 Å². The number of amides is 2. The first-order valence-corrected chi connectivity index (χ1v) is 11.3. The summed E-state index contributed by atoms with van der Waals surface area (Å²) in [5, 5.41) is -0.450. The molecular weight excluding hydrogens is 500 g/mol. The van der Waals surface area contributed by atoms with E-state index in [9.17, 15) is 23.2 Å². The highest BCUT2D eigenvalue weighted by atomic mass is 35.5. The zero-order chi connectivity index (χ0) is 25.1. The standard InChI is InChI=1S/C25H16ClF2NO5S/c1-33-21-10-14(8-9-20(21)34-24(31)15-4-2-5-16(27)12-15)11-22-23(30)29(25(32)35-22)13-17-18(26)6-3-7-19(17)28/h2-12H,13H2,1H3/b22-11-. The minimum absolute atomic E-state index is 0.0276. The van der Waals surface area contributed by atoms with Gasteiger partial charge in [0, 0.05) is 10.6 Å². The predicted octanol–water partition coefficient (Wildman–Crippen LogP) is 6.08. The van der Waals surface area contributed by atoms with Crippen molar-refractivity contribution in [2.24, 2.45) is 0 Å². The number of methoxy groups -OCH3 is 1. The second kappa shape index (κ2) is 10.3. The number of hydrogen-bond donors (Lipinski definition) is 0. The molecule has 1 aliphatic rings. The summed E-state index contributed by atoms with van der Waals surface area (Å²) < 4.78 is 38.1. The molecular formula is C25H16ClF2NO5S. The van der Waals surface area contributed by atoms with Crippen LogP contribution in [-0.2, 0) is 11.3 Å². The topological polar surface area (TPSA) is 72.9 Å². The van der Waals surface area contributed by atoms with Crippen molar-refractivity contribution in [3.8, 4) is 11.5 Å². The molecule has 0 radical (unpaired) electrons. The number of benzene rings is 3. The van der Waals surface area contributed by atoms with Crippen LogP contribution in [0.15, 0.2) is 65.6 Å². The van der Waals surface area contributed by atoms with Crippen LogP contribution in [0.1, 0.15) is 21.5 Å². The minimum Gasteiger partial charge on any atom is -0.493 e. The summed E-state index contributed by atoms with van der Waals surface area (Å²) in [5.74, 6) is -2.30. The average molecular weight is 516 g/mol. The number of ether oxygens (including phenoxy) is 2. The van der Waals surface area contributed by atoms with Gasteiger partial charge < -0.3 is 9.47 Å². The molecule has 0 aliphatic carbocycles. The third-order valence-corrected chi connectivity index (χ3v) is 6.26. The quantitative estimate of drug-likeness (QED) is 0.225. The Hall–Kier alpha value is -3.69. The third-order valence-electron chi connectivity index (χ3n) is 5.00. The smallest absolute Gasteiger partial charge is 0.343 e. The van der Waals surface area contributed by atoms with Gasteiger partial charge in [-0.3, -0.25) is 14.5 Å². The van der Waals surface area contributed by atoms with Gasteiger partial charge in [-0.05, 0) is 65.9 Å². The molecule has 178 valence electrons. The third kappa shape index (κ3) is 5.36. The molecule has 3 aromatic carbocycles. The van der Waals surface area contributed by atoms with E-state index in [0.29, 0.717) is 17.3 Å². The molecule has 1 heterocycles. The van der Waals surface area contributed by atoms with Gasteiger partial charge in [0.25, 0.3) is 11.1 Å². The number of carbonyl (C=O) groups is 3. The van der Waals surface area contributed by atoms with Crippen LogP contribution in [-0.4, -0.2) is 29.1 Å². The van der Waals surface area contributed by atoms with Crippen LogP contribution in [0.4, 0.5) is 13.6 Å². The average Bonchev–Trinajstić information content (AvgIpc) is 3.09. The van der Waals surface area contributed by atoms with Crippen LogP contribution >= 0.6 is 23.4 Å². The van der Waals surface area contributed by atoms with Gasteiger partial charge >= 0.3 is 5.97 Å². The molecule has 10 heteroatoms. The monoisotopic (exact) mass is 515 g/mol. The van der Waals surface area contributed by atoms with Crippen LogP contribution < -0.4 is 9.47 Å². The molecule has 0 saturated carbocycles. The number of rotatable bonds is 6. The Labute approximate surface area is 208 Å². The highest BCUT2D eigenvalue weighted by Crippen LogP contribution is 2.36. The summed E-state index contributed by atoms with van der Waals surface area (Å²) in [6.07, 6.45) is 1.47. The van der Waals surface area contributed by atoms with Gasteiger partial charge in [-0.25, -0.2) is 13.6 Å². The van der Waals surface area contributed by atoms with E-state index in [1.807, 2.05) is 0 Å². The van der Waals surface area contributed by atoms with Gasteiger partial charge in [0.05, 0.1) is 24.1 Å². The Morgan fingerprint density at radius 1 is 1.06 bits per heavy atom. The first-order valence-electron chi connectivity index (χ1n) is 10.1. The maximum Gasteiger partial charge on any atom is 0.343 e. The van der Waals surface area contributed by atoms with Crippen molar-refractivity contribution in [1.29, 1.82) is 0 Å².